The number of hydrogen-bond acceptors (Lipinski definition) is 6. The Morgan fingerprint density at radius 3 is 2.36 bits per heavy atom. The average Bonchev–Trinajstić information content (AvgIpc) is 2.22. The number of rotatable bonds is 6. The lowest BCUT2D eigenvalue weighted by Crippen LogP contribution is -2.29. The predicted octanol–water partition coefficient (Wildman–Crippen LogP) is -0.693. The highest BCUT2D eigenvalue weighted by molar-refractivity contribution is 5.81. The number of hydrogen-bond donors (Lipinski definition) is 0. The molecule has 0 fully saturated rings. The maximum atomic E-state index is 11.0. The molecule has 80 valence electrons. The molecule has 0 unspecified atom stereocenters. The molecule has 0 aromatic rings. The molecule has 0 saturated heterocycles. The van der Waals surface area contributed by atoms with Gasteiger partial charge in [-0.1, -0.05) is 0 Å². The topological polar surface area (TPSA) is 78.9 Å². The summed E-state index contributed by atoms with van der Waals surface area (Å²) >= 11 is 0. The Morgan fingerprint density at radius 1 is 1.29 bits per heavy atom. The van der Waals surface area contributed by atoms with Crippen LogP contribution in [0, 0.1) is 0 Å². The maximum absolute atomic E-state index is 11.0. The Kier molecular flexibility index (Phi) is 6.30. The lowest BCUT2D eigenvalue weighted by Gasteiger charge is -2.12. The summed E-state index contributed by atoms with van der Waals surface area (Å²) < 4.78 is 13.5. The van der Waals surface area contributed by atoms with Crippen molar-refractivity contribution in [3.63, 3.8) is 0 Å². The minimum atomic E-state index is -1.09. The van der Waals surface area contributed by atoms with Crippen LogP contribution in [0.1, 0.15) is 6.42 Å². The summed E-state index contributed by atoms with van der Waals surface area (Å²) in [4.78, 5) is 31.8. The van der Waals surface area contributed by atoms with Crippen molar-refractivity contribution in [1.82, 2.24) is 0 Å². The molecule has 0 aromatic heterocycles. The van der Waals surface area contributed by atoms with Crippen molar-refractivity contribution in [3.05, 3.63) is 0 Å². The largest absolute Gasteiger partial charge is 0.469 e. The minimum absolute atomic E-state index is 0.267. The number of esters is 2. The second-order valence-corrected chi connectivity index (χ2v) is 2.29. The van der Waals surface area contributed by atoms with Crippen LogP contribution < -0.4 is 0 Å². The van der Waals surface area contributed by atoms with Crippen LogP contribution in [0.2, 0.25) is 0 Å². The molecule has 6 heteroatoms. The van der Waals surface area contributed by atoms with Crippen LogP contribution >= 0.6 is 0 Å². The van der Waals surface area contributed by atoms with Gasteiger partial charge in [0.25, 0.3) is 0 Å². The van der Waals surface area contributed by atoms with Gasteiger partial charge < -0.3 is 19.0 Å². The zero-order chi connectivity index (χ0) is 11.0. The highest BCUT2D eigenvalue weighted by Gasteiger charge is 2.23. The molecule has 0 amide bonds. The van der Waals surface area contributed by atoms with Crippen LogP contribution in [0.25, 0.3) is 0 Å². The summed E-state index contributed by atoms with van der Waals surface area (Å²) in [7, 11) is 2.35. The van der Waals surface area contributed by atoms with Gasteiger partial charge in [-0.15, -0.1) is 0 Å². The Hall–Kier alpha value is -1.43. The summed E-state index contributed by atoms with van der Waals surface area (Å²) in [6, 6.07) is 0. The molecule has 6 nitrogen and oxygen atoms in total. The Balaban J connectivity index is 4.16. The predicted molar refractivity (Wildman–Crippen MR) is 44.5 cm³/mol. The molecule has 14 heavy (non-hydrogen) atoms. The second-order valence-electron chi connectivity index (χ2n) is 2.29. The van der Waals surface area contributed by atoms with Crippen molar-refractivity contribution in [2.45, 2.75) is 12.5 Å². The molecule has 0 heterocycles. The van der Waals surface area contributed by atoms with E-state index in [2.05, 4.69) is 9.47 Å². The van der Waals surface area contributed by atoms with E-state index in [9.17, 15) is 14.4 Å². The van der Waals surface area contributed by atoms with Crippen LogP contribution in [0.15, 0.2) is 0 Å². The van der Waals surface area contributed by atoms with Gasteiger partial charge in [-0.3, -0.25) is 4.79 Å². The summed E-state index contributed by atoms with van der Waals surface area (Å²) in [5.41, 5.74) is 0. The molecule has 0 aliphatic rings. The first-order valence-electron chi connectivity index (χ1n) is 3.85. The monoisotopic (exact) mass is 204 g/mol. The van der Waals surface area contributed by atoms with Crippen LogP contribution in [0.3, 0.4) is 0 Å². The number of carbonyl (C=O) groups excluding carboxylic acids is 3. The van der Waals surface area contributed by atoms with E-state index in [4.69, 9.17) is 4.74 Å². The van der Waals surface area contributed by atoms with Gasteiger partial charge in [-0.2, -0.15) is 0 Å². The molecule has 0 aliphatic heterocycles. The van der Waals surface area contributed by atoms with Crippen LogP contribution in [0.4, 0.5) is 0 Å². The first kappa shape index (κ1) is 12.6. The molecular formula is C8H12O6. The summed E-state index contributed by atoms with van der Waals surface area (Å²) in [6.45, 7) is -0.267. The van der Waals surface area contributed by atoms with Gasteiger partial charge in [0, 0.05) is 0 Å². The quantitative estimate of drug-likeness (QED) is 0.420. The van der Waals surface area contributed by atoms with E-state index in [0.29, 0.717) is 6.29 Å². The van der Waals surface area contributed by atoms with Gasteiger partial charge in [0.15, 0.2) is 6.10 Å². The highest BCUT2D eigenvalue weighted by atomic mass is 16.6. The third kappa shape index (κ3) is 4.56. The van der Waals surface area contributed by atoms with E-state index in [-0.39, 0.29) is 13.0 Å². The third-order valence-electron chi connectivity index (χ3n) is 1.41. The number of methoxy groups -OCH3 is 2. The maximum Gasteiger partial charge on any atom is 0.335 e. The summed E-state index contributed by atoms with van der Waals surface area (Å²) in [5, 5.41) is 0. The van der Waals surface area contributed by atoms with Crippen molar-refractivity contribution < 1.29 is 28.6 Å². The van der Waals surface area contributed by atoms with E-state index in [0.717, 1.165) is 7.11 Å². The van der Waals surface area contributed by atoms with Crippen LogP contribution in [0.5, 0.6) is 0 Å². The molecule has 0 aliphatic carbocycles. The third-order valence-corrected chi connectivity index (χ3v) is 1.41. The lowest BCUT2D eigenvalue weighted by molar-refractivity contribution is -0.160. The fourth-order valence-electron chi connectivity index (χ4n) is 0.732. The summed E-state index contributed by atoms with van der Waals surface area (Å²) in [6.07, 6.45) is -0.873. The van der Waals surface area contributed by atoms with Gasteiger partial charge in [0.2, 0.25) is 0 Å². The number of aldehydes is 1. The van der Waals surface area contributed by atoms with Gasteiger partial charge in [-0.05, 0) is 0 Å². The van der Waals surface area contributed by atoms with Crippen molar-refractivity contribution in [2.75, 3.05) is 20.8 Å². The molecule has 0 bridgehead atoms. The van der Waals surface area contributed by atoms with Crippen molar-refractivity contribution >= 4 is 18.2 Å². The van der Waals surface area contributed by atoms with E-state index < -0.39 is 18.0 Å². The van der Waals surface area contributed by atoms with Gasteiger partial charge >= 0.3 is 11.9 Å². The Morgan fingerprint density at radius 2 is 1.93 bits per heavy atom. The molecule has 0 radical (unpaired) electrons. The molecule has 0 saturated carbocycles. The van der Waals surface area contributed by atoms with E-state index in [1.807, 2.05) is 0 Å². The zero-order valence-electron chi connectivity index (χ0n) is 8.02. The molecule has 0 N–H and O–H groups in total. The second kappa shape index (κ2) is 7.02. The minimum Gasteiger partial charge on any atom is -0.469 e. The number of carbonyl (C=O) groups is 3. The zero-order valence-corrected chi connectivity index (χ0v) is 8.02. The fourth-order valence-corrected chi connectivity index (χ4v) is 0.732. The average molecular weight is 204 g/mol. The van der Waals surface area contributed by atoms with Gasteiger partial charge in [0.05, 0.1) is 20.6 Å². The normalized spacial score (nSPS) is 11.6. The van der Waals surface area contributed by atoms with Gasteiger partial charge in [-0.25, -0.2) is 4.79 Å². The van der Waals surface area contributed by atoms with Crippen molar-refractivity contribution in [1.29, 1.82) is 0 Å². The Labute approximate surface area is 81.1 Å². The summed E-state index contributed by atoms with van der Waals surface area (Å²) in [5.74, 6) is -1.32. The smallest absolute Gasteiger partial charge is 0.335 e. The lowest BCUT2D eigenvalue weighted by atomic mass is 10.2. The van der Waals surface area contributed by atoms with Crippen LogP contribution in [-0.4, -0.2) is 45.2 Å². The fraction of sp³-hybridized carbons (Fsp3) is 0.625. The van der Waals surface area contributed by atoms with Crippen LogP contribution in [-0.2, 0) is 28.6 Å². The SMILES string of the molecule is COC(=O)C[C@H](OCC=O)C(=O)OC. The van der Waals surface area contributed by atoms with Gasteiger partial charge in [0.1, 0.15) is 12.9 Å². The number of ether oxygens (including phenoxy) is 3. The molecular weight excluding hydrogens is 192 g/mol. The van der Waals surface area contributed by atoms with Crippen molar-refractivity contribution in [3.8, 4) is 0 Å². The highest BCUT2D eigenvalue weighted by Crippen LogP contribution is 2.02. The van der Waals surface area contributed by atoms with E-state index >= 15 is 0 Å². The van der Waals surface area contributed by atoms with Crippen molar-refractivity contribution in [2.24, 2.45) is 0 Å². The first-order valence-corrected chi connectivity index (χ1v) is 3.85. The van der Waals surface area contributed by atoms with E-state index in [1.54, 1.807) is 0 Å². The molecule has 0 spiro atoms. The molecule has 1 atom stereocenters. The Bertz CT molecular complexity index is 212. The standard InChI is InChI=1S/C8H12O6/c1-12-7(10)5-6(8(11)13-2)14-4-3-9/h3,6H,4-5H2,1-2H3/t6-/m0/s1. The van der Waals surface area contributed by atoms with E-state index in [1.165, 1.54) is 7.11 Å². The molecule has 0 aromatic carbocycles. The first-order chi connectivity index (χ1) is 6.65. The molecule has 0 rings (SSSR count).